The normalized spacial score (nSPS) is 11.7. The summed E-state index contributed by atoms with van der Waals surface area (Å²) in [5.74, 6) is 2.30. The van der Waals surface area contributed by atoms with Gasteiger partial charge in [-0.15, -0.1) is 0 Å². The van der Waals surface area contributed by atoms with Crippen LogP contribution in [0.25, 0.3) is 0 Å². The Kier molecular flexibility index (Phi) is 6.90. The zero-order chi connectivity index (χ0) is 11.1. The Hall–Kier alpha value is -0.300. The van der Waals surface area contributed by atoms with Crippen molar-refractivity contribution in [3.8, 4) is 0 Å². The molecule has 1 N–H and O–H groups in total. The van der Waals surface area contributed by atoms with Gasteiger partial charge in [0.1, 0.15) is 0 Å². The summed E-state index contributed by atoms with van der Waals surface area (Å²) in [6.07, 6.45) is 1.08. The van der Waals surface area contributed by atoms with Crippen LogP contribution in [0.4, 0.5) is 0 Å². The van der Waals surface area contributed by atoms with Crippen LogP contribution in [0.1, 0.15) is 41.0 Å². The van der Waals surface area contributed by atoms with Gasteiger partial charge in [-0.25, -0.2) is 0 Å². The lowest BCUT2D eigenvalue weighted by atomic mass is 9.85. The van der Waals surface area contributed by atoms with Crippen LogP contribution < -0.4 is 5.32 Å². The van der Waals surface area contributed by atoms with Gasteiger partial charge in [0.15, 0.2) is 0 Å². The number of rotatable bonds is 7. The molecule has 1 nitrogen and oxygen atoms in total. The van der Waals surface area contributed by atoms with Crippen LogP contribution in [0.3, 0.4) is 0 Å². The largest absolute Gasteiger partial charge is 0.313 e. The third-order valence-corrected chi connectivity index (χ3v) is 2.97. The Morgan fingerprint density at radius 3 is 2.00 bits per heavy atom. The van der Waals surface area contributed by atoms with E-state index >= 15 is 0 Å². The first-order valence-electron chi connectivity index (χ1n) is 5.86. The molecule has 0 fully saturated rings. The van der Waals surface area contributed by atoms with Gasteiger partial charge in [0.2, 0.25) is 0 Å². The molecule has 0 spiro atoms. The maximum absolute atomic E-state index is 4.00. The van der Waals surface area contributed by atoms with Crippen molar-refractivity contribution in [2.45, 2.75) is 41.0 Å². The second-order valence-corrected chi connectivity index (χ2v) is 4.89. The van der Waals surface area contributed by atoms with Crippen molar-refractivity contribution in [3.63, 3.8) is 0 Å². The summed E-state index contributed by atoms with van der Waals surface area (Å²) in [4.78, 5) is 0. The molecule has 0 bridgehead atoms. The predicted molar refractivity (Wildman–Crippen MR) is 65.5 cm³/mol. The van der Waals surface area contributed by atoms with Gasteiger partial charge in [0, 0.05) is 6.54 Å². The molecule has 0 aliphatic carbocycles. The van der Waals surface area contributed by atoms with Gasteiger partial charge in [-0.2, -0.15) is 0 Å². The first-order valence-corrected chi connectivity index (χ1v) is 5.86. The molecule has 84 valence electrons. The Bertz CT molecular complexity index is 151. The van der Waals surface area contributed by atoms with E-state index in [1.165, 1.54) is 5.57 Å². The van der Waals surface area contributed by atoms with Crippen molar-refractivity contribution in [2.24, 2.45) is 17.8 Å². The molecule has 0 rings (SSSR count). The highest BCUT2D eigenvalue weighted by atomic mass is 14.9. The number of hydrogen-bond acceptors (Lipinski definition) is 1. The molecule has 1 heteroatoms. The fraction of sp³-hybridized carbons (Fsp3) is 0.846. The fourth-order valence-electron chi connectivity index (χ4n) is 1.78. The van der Waals surface area contributed by atoms with E-state index < -0.39 is 0 Å². The van der Waals surface area contributed by atoms with E-state index in [4.69, 9.17) is 0 Å². The van der Waals surface area contributed by atoms with E-state index in [2.05, 4.69) is 46.5 Å². The fourth-order valence-corrected chi connectivity index (χ4v) is 1.78. The molecule has 0 heterocycles. The van der Waals surface area contributed by atoms with Crippen molar-refractivity contribution in [1.82, 2.24) is 5.32 Å². The van der Waals surface area contributed by atoms with Crippen LogP contribution in [0, 0.1) is 17.8 Å². The molecule has 0 amide bonds. The summed E-state index contributed by atoms with van der Waals surface area (Å²) in [5.41, 5.74) is 1.30. The van der Waals surface area contributed by atoms with E-state index in [1.54, 1.807) is 0 Å². The van der Waals surface area contributed by atoms with Crippen LogP contribution in [0.2, 0.25) is 0 Å². The highest BCUT2D eigenvalue weighted by Gasteiger charge is 2.16. The van der Waals surface area contributed by atoms with Crippen molar-refractivity contribution in [3.05, 3.63) is 12.2 Å². The maximum Gasteiger partial charge on any atom is 0.0161 e. The summed E-state index contributed by atoms with van der Waals surface area (Å²) in [5, 5.41) is 3.50. The van der Waals surface area contributed by atoms with Gasteiger partial charge in [-0.05, 0) is 30.7 Å². The molecule has 0 aliphatic rings. The molecular weight excluding hydrogens is 170 g/mol. The zero-order valence-corrected chi connectivity index (χ0v) is 10.6. The SMILES string of the molecule is C=C(CC)CNCC(C(C)C)C(C)C. The molecule has 14 heavy (non-hydrogen) atoms. The molecule has 0 aromatic rings. The smallest absolute Gasteiger partial charge is 0.0161 e. The van der Waals surface area contributed by atoms with Crippen LogP contribution in [0.15, 0.2) is 12.2 Å². The van der Waals surface area contributed by atoms with E-state index in [1.807, 2.05) is 0 Å². The second-order valence-electron chi connectivity index (χ2n) is 4.89. The van der Waals surface area contributed by atoms with Gasteiger partial charge in [0.25, 0.3) is 0 Å². The van der Waals surface area contributed by atoms with Gasteiger partial charge < -0.3 is 5.32 Å². The topological polar surface area (TPSA) is 12.0 Å². The Morgan fingerprint density at radius 2 is 1.64 bits per heavy atom. The standard InChI is InChI=1S/C13H27N/c1-7-12(6)8-14-9-13(10(2)3)11(4)5/h10-11,13-14H,6-9H2,1-5H3. The van der Waals surface area contributed by atoms with Crippen molar-refractivity contribution < 1.29 is 0 Å². The minimum Gasteiger partial charge on any atom is -0.313 e. The lowest BCUT2D eigenvalue weighted by molar-refractivity contribution is 0.278. The minimum atomic E-state index is 0.761. The van der Waals surface area contributed by atoms with E-state index in [9.17, 15) is 0 Å². The Balaban J connectivity index is 3.78. The zero-order valence-electron chi connectivity index (χ0n) is 10.6. The van der Waals surface area contributed by atoms with Crippen molar-refractivity contribution >= 4 is 0 Å². The average molecular weight is 197 g/mol. The minimum absolute atomic E-state index is 0.761. The summed E-state index contributed by atoms with van der Waals surface area (Å²) in [6, 6.07) is 0. The number of nitrogens with one attached hydrogen (secondary N) is 1. The molecule has 0 aliphatic heterocycles. The maximum atomic E-state index is 4.00. The molecule has 0 saturated heterocycles. The molecule has 0 unspecified atom stereocenters. The Morgan fingerprint density at radius 1 is 1.14 bits per heavy atom. The van der Waals surface area contributed by atoms with Gasteiger partial charge in [-0.3, -0.25) is 0 Å². The lowest BCUT2D eigenvalue weighted by Crippen LogP contribution is -2.30. The van der Waals surface area contributed by atoms with Crippen LogP contribution in [0.5, 0.6) is 0 Å². The summed E-state index contributed by atoms with van der Waals surface area (Å²) < 4.78 is 0. The van der Waals surface area contributed by atoms with E-state index in [0.717, 1.165) is 37.3 Å². The summed E-state index contributed by atoms with van der Waals surface area (Å²) in [7, 11) is 0. The summed E-state index contributed by atoms with van der Waals surface area (Å²) in [6.45, 7) is 17.5. The van der Waals surface area contributed by atoms with Gasteiger partial charge in [-0.1, -0.05) is 46.8 Å². The summed E-state index contributed by atoms with van der Waals surface area (Å²) >= 11 is 0. The average Bonchev–Trinajstić information content (AvgIpc) is 2.10. The van der Waals surface area contributed by atoms with Crippen molar-refractivity contribution in [1.29, 1.82) is 0 Å². The van der Waals surface area contributed by atoms with E-state index in [0.29, 0.717) is 0 Å². The number of hydrogen-bond donors (Lipinski definition) is 1. The van der Waals surface area contributed by atoms with Crippen LogP contribution >= 0.6 is 0 Å². The van der Waals surface area contributed by atoms with E-state index in [-0.39, 0.29) is 0 Å². The first kappa shape index (κ1) is 13.7. The van der Waals surface area contributed by atoms with Crippen LogP contribution in [-0.2, 0) is 0 Å². The van der Waals surface area contributed by atoms with Crippen molar-refractivity contribution in [2.75, 3.05) is 13.1 Å². The highest BCUT2D eigenvalue weighted by molar-refractivity contribution is 4.95. The Labute approximate surface area is 90.0 Å². The molecule has 0 atom stereocenters. The lowest BCUT2D eigenvalue weighted by Gasteiger charge is -2.25. The second kappa shape index (κ2) is 7.05. The quantitative estimate of drug-likeness (QED) is 0.616. The molecular formula is C13H27N. The monoisotopic (exact) mass is 197 g/mol. The van der Waals surface area contributed by atoms with Crippen LogP contribution in [-0.4, -0.2) is 13.1 Å². The van der Waals surface area contributed by atoms with Gasteiger partial charge >= 0.3 is 0 Å². The predicted octanol–water partition coefficient (Wildman–Crippen LogP) is 3.47. The molecule has 0 aromatic heterocycles. The third-order valence-electron chi connectivity index (χ3n) is 2.97. The molecule has 0 radical (unpaired) electrons. The highest BCUT2D eigenvalue weighted by Crippen LogP contribution is 2.19. The molecule has 0 saturated carbocycles. The first-order chi connectivity index (χ1) is 6.49. The van der Waals surface area contributed by atoms with Gasteiger partial charge in [0.05, 0.1) is 0 Å². The third kappa shape index (κ3) is 5.43. The molecule has 0 aromatic carbocycles.